The van der Waals surface area contributed by atoms with Crippen molar-refractivity contribution in [3.63, 3.8) is 0 Å². The Morgan fingerprint density at radius 3 is 2.60 bits per heavy atom. The number of rotatable bonds is 3. The average Bonchev–Trinajstić information content (AvgIpc) is 2.97. The van der Waals surface area contributed by atoms with Crippen LogP contribution in [0, 0.1) is 11.3 Å². The number of aromatic nitrogens is 4. The van der Waals surface area contributed by atoms with Crippen LogP contribution in [0.2, 0.25) is 0 Å². The minimum absolute atomic E-state index is 0.497. The molecule has 3 rings (SSSR count). The molecule has 0 N–H and O–H groups in total. The Labute approximate surface area is 118 Å². The molecule has 1 fully saturated rings. The topological polar surface area (TPSA) is 67.4 Å². The lowest BCUT2D eigenvalue weighted by molar-refractivity contribution is 0.412. The molecule has 102 valence electrons. The second kappa shape index (κ2) is 5.83. The van der Waals surface area contributed by atoms with E-state index in [4.69, 9.17) is 5.26 Å². The van der Waals surface area contributed by atoms with Gasteiger partial charge >= 0.3 is 0 Å². The van der Waals surface area contributed by atoms with E-state index in [0.717, 1.165) is 11.4 Å². The molecular weight excluding hydrogens is 250 g/mol. The summed E-state index contributed by atoms with van der Waals surface area (Å²) in [4.78, 5) is 0. The van der Waals surface area contributed by atoms with E-state index in [9.17, 15) is 0 Å². The molecule has 1 heterocycles. The summed E-state index contributed by atoms with van der Waals surface area (Å²) in [6.45, 7) is 0.671. The second-order valence-electron chi connectivity index (χ2n) is 5.34. The Morgan fingerprint density at radius 1 is 1.15 bits per heavy atom. The van der Waals surface area contributed by atoms with Gasteiger partial charge in [-0.15, -0.1) is 5.10 Å². The van der Waals surface area contributed by atoms with Crippen LogP contribution in [0.3, 0.4) is 0 Å². The Balaban J connectivity index is 1.77. The zero-order chi connectivity index (χ0) is 13.8. The van der Waals surface area contributed by atoms with E-state index >= 15 is 0 Å². The van der Waals surface area contributed by atoms with Gasteiger partial charge in [0.15, 0.2) is 5.82 Å². The minimum atomic E-state index is 0.497. The maximum atomic E-state index is 8.81. The predicted molar refractivity (Wildman–Crippen MR) is 73.9 cm³/mol. The van der Waals surface area contributed by atoms with Gasteiger partial charge in [-0.05, 0) is 41.0 Å². The van der Waals surface area contributed by atoms with Crippen molar-refractivity contribution >= 4 is 0 Å². The number of nitrogens with zero attached hydrogens (tertiary/aromatic N) is 5. The monoisotopic (exact) mass is 267 g/mol. The van der Waals surface area contributed by atoms with Gasteiger partial charge in [-0.2, -0.15) is 5.26 Å². The molecule has 2 aromatic rings. The first kappa shape index (κ1) is 12.8. The van der Waals surface area contributed by atoms with Crippen LogP contribution in [0.4, 0.5) is 0 Å². The van der Waals surface area contributed by atoms with Crippen LogP contribution in [0.1, 0.15) is 55.0 Å². The smallest absolute Gasteiger partial charge is 0.154 e. The van der Waals surface area contributed by atoms with Gasteiger partial charge in [-0.3, -0.25) is 0 Å². The van der Waals surface area contributed by atoms with E-state index in [1.165, 1.54) is 32.1 Å². The minimum Gasteiger partial charge on any atom is -0.225 e. The Hall–Kier alpha value is -2.22. The first-order valence-corrected chi connectivity index (χ1v) is 7.12. The van der Waals surface area contributed by atoms with Crippen molar-refractivity contribution in [2.24, 2.45) is 0 Å². The summed E-state index contributed by atoms with van der Waals surface area (Å²) in [6.07, 6.45) is 6.25. The Kier molecular flexibility index (Phi) is 3.73. The Morgan fingerprint density at radius 2 is 1.90 bits per heavy atom. The first-order chi connectivity index (χ1) is 9.86. The quantitative estimate of drug-likeness (QED) is 0.857. The van der Waals surface area contributed by atoms with Crippen LogP contribution in [0.25, 0.3) is 0 Å². The molecule has 0 radical (unpaired) electrons. The highest BCUT2D eigenvalue weighted by Crippen LogP contribution is 2.31. The van der Waals surface area contributed by atoms with E-state index in [0.29, 0.717) is 18.0 Å². The summed E-state index contributed by atoms with van der Waals surface area (Å²) in [5.41, 5.74) is 1.80. The van der Waals surface area contributed by atoms with Crippen LogP contribution in [-0.4, -0.2) is 20.2 Å². The lowest BCUT2D eigenvalue weighted by atomic mass is 9.89. The fourth-order valence-corrected chi connectivity index (χ4v) is 2.83. The largest absolute Gasteiger partial charge is 0.225 e. The van der Waals surface area contributed by atoms with Crippen LogP contribution < -0.4 is 0 Å². The fraction of sp³-hybridized carbons (Fsp3) is 0.467. The summed E-state index contributed by atoms with van der Waals surface area (Å²) in [6, 6.07) is 9.72. The lowest BCUT2D eigenvalue weighted by Gasteiger charge is -2.20. The summed E-state index contributed by atoms with van der Waals surface area (Å²) in [5.74, 6) is 1.51. The van der Waals surface area contributed by atoms with Gasteiger partial charge in [-0.25, -0.2) is 4.68 Å². The van der Waals surface area contributed by atoms with Gasteiger partial charge in [0, 0.05) is 5.92 Å². The number of tetrazole rings is 1. The number of hydrogen-bond acceptors (Lipinski definition) is 4. The molecule has 20 heavy (non-hydrogen) atoms. The summed E-state index contributed by atoms with van der Waals surface area (Å²) < 4.78 is 1.90. The molecule has 1 saturated carbocycles. The molecule has 0 unspecified atom stereocenters. The van der Waals surface area contributed by atoms with Gasteiger partial charge in [0.25, 0.3) is 0 Å². The molecule has 0 spiro atoms. The zero-order valence-corrected chi connectivity index (χ0v) is 11.4. The molecule has 0 amide bonds. The van der Waals surface area contributed by atoms with Crippen molar-refractivity contribution in [1.29, 1.82) is 5.26 Å². The van der Waals surface area contributed by atoms with E-state index in [1.54, 1.807) is 0 Å². The third kappa shape index (κ3) is 2.69. The van der Waals surface area contributed by atoms with Crippen LogP contribution in [0.15, 0.2) is 24.3 Å². The predicted octanol–water partition coefficient (Wildman–Crippen LogP) is 2.64. The van der Waals surface area contributed by atoms with Crippen molar-refractivity contribution in [3.8, 4) is 6.07 Å². The molecule has 0 aliphatic heterocycles. The molecule has 1 aromatic heterocycles. The highest BCUT2D eigenvalue weighted by molar-refractivity contribution is 5.31. The van der Waals surface area contributed by atoms with Gasteiger partial charge in [0.2, 0.25) is 0 Å². The maximum absolute atomic E-state index is 8.81. The molecule has 5 nitrogen and oxygen atoms in total. The number of nitriles is 1. The van der Waals surface area contributed by atoms with E-state index in [1.807, 2.05) is 28.9 Å². The summed E-state index contributed by atoms with van der Waals surface area (Å²) >= 11 is 0. The zero-order valence-electron chi connectivity index (χ0n) is 11.4. The standard InChI is InChI=1S/C15H17N5/c16-10-12-6-8-13(9-7-12)11-20-15(17-18-19-20)14-4-2-1-3-5-14/h6-9,14H,1-5,11H2. The van der Waals surface area contributed by atoms with E-state index in [-0.39, 0.29) is 0 Å². The molecule has 1 aliphatic rings. The van der Waals surface area contributed by atoms with Crippen LogP contribution in [0.5, 0.6) is 0 Å². The van der Waals surface area contributed by atoms with Gasteiger partial charge < -0.3 is 0 Å². The third-order valence-electron chi connectivity index (χ3n) is 3.95. The van der Waals surface area contributed by atoms with Crippen molar-refractivity contribution in [3.05, 3.63) is 41.2 Å². The van der Waals surface area contributed by atoms with E-state index < -0.39 is 0 Å². The third-order valence-corrected chi connectivity index (χ3v) is 3.95. The molecule has 1 aliphatic carbocycles. The number of hydrogen-bond donors (Lipinski definition) is 0. The maximum Gasteiger partial charge on any atom is 0.154 e. The molecule has 0 bridgehead atoms. The first-order valence-electron chi connectivity index (χ1n) is 7.12. The molecule has 5 heteroatoms. The molecule has 0 saturated heterocycles. The highest BCUT2D eigenvalue weighted by Gasteiger charge is 2.21. The SMILES string of the molecule is N#Cc1ccc(Cn2nnnc2C2CCCCC2)cc1. The van der Waals surface area contributed by atoms with Crippen LogP contribution >= 0.6 is 0 Å². The van der Waals surface area contributed by atoms with Gasteiger partial charge in [-0.1, -0.05) is 31.4 Å². The molecule has 0 atom stereocenters. The summed E-state index contributed by atoms with van der Waals surface area (Å²) in [5, 5.41) is 21.0. The van der Waals surface area contributed by atoms with Crippen LogP contribution in [-0.2, 0) is 6.54 Å². The van der Waals surface area contributed by atoms with Crippen molar-refractivity contribution < 1.29 is 0 Å². The summed E-state index contributed by atoms with van der Waals surface area (Å²) in [7, 11) is 0. The molecular formula is C15H17N5. The van der Waals surface area contributed by atoms with Gasteiger partial charge in [0.1, 0.15) is 0 Å². The average molecular weight is 267 g/mol. The Bertz CT molecular complexity index is 602. The van der Waals surface area contributed by atoms with Crippen molar-refractivity contribution in [2.45, 2.75) is 44.6 Å². The molecule has 1 aromatic carbocycles. The normalized spacial score (nSPS) is 15.9. The second-order valence-corrected chi connectivity index (χ2v) is 5.34. The highest BCUT2D eigenvalue weighted by atomic mass is 15.5. The van der Waals surface area contributed by atoms with Crippen molar-refractivity contribution in [2.75, 3.05) is 0 Å². The number of benzene rings is 1. The van der Waals surface area contributed by atoms with Crippen molar-refractivity contribution in [1.82, 2.24) is 20.2 Å². The lowest BCUT2D eigenvalue weighted by Crippen LogP contribution is -2.14. The fourth-order valence-electron chi connectivity index (χ4n) is 2.83. The van der Waals surface area contributed by atoms with Gasteiger partial charge in [0.05, 0.1) is 18.2 Å². The van der Waals surface area contributed by atoms with E-state index in [2.05, 4.69) is 21.6 Å².